The maximum Gasteiger partial charge on any atom is 0.323 e. The summed E-state index contributed by atoms with van der Waals surface area (Å²) in [5.41, 5.74) is 0. The molecule has 7 heteroatoms. The van der Waals surface area contributed by atoms with E-state index in [-0.39, 0.29) is 6.03 Å². The second kappa shape index (κ2) is 7.39. The molecule has 0 bridgehead atoms. The molecular formula is C15H25N5OS. The minimum atomic E-state index is -0.00372. The van der Waals surface area contributed by atoms with E-state index in [0.717, 1.165) is 45.7 Å². The number of urea groups is 1. The molecule has 0 aromatic carbocycles. The van der Waals surface area contributed by atoms with Gasteiger partial charge in [0.05, 0.1) is 0 Å². The van der Waals surface area contributed by atoms with Gasteiger partial charge in [-0.1, -0.05) is 6.42 Å². The van der Waals surface area contributed by atoms with Crippen LogP contribution < -0.4 is 5.32 Å². The van der Waals surface area contributed by atoms with E-state index < -0.39 is 0 Å². The van der Waals surface area contributed by atoms with Crippen LogP contribution in [-0.2, 0) is 0 Å². The van der Waals surface area contributed by atoms with E-state index in [2.05, 4.69) is 27.1 Å². The van der Waals surface area contributed by atoms with Crippen LogP contribution in [-0.4, -0.2) is 78.1 Å². The number of nitrogens with zero attached hydrogens (tertiary/aromatic N) is 4. The van der Waals surface area contributed by atoms with E-state index in [0.29, 0.717) is 11.2 Å². The van der Waals surface area contributed by atoms with Gasteiger partial charge in [0, 0.05) is 56.9 Å². The van der Waals surface area contributed by atoms with Gasteiger partial charge in [0.25, 0.3) is 0 Å². The maximum absolute atomic E-state index is 12.5. The lowest BCUT2D eigenvalue weighted by atomic mass is 10.1. The number of hydrogen-bond donors (Lipinski definition) is 1. The molecule has 2 fully saturated rings. The first-order valence-electron chi connectivity index (χ1n) is 8.10. The summed E-state index contributed by atoms with van der Waals surface area (Å²) in [4.78, 5) is 23.5. The Morgan fingerprint density at radius 2 is 2.09 bits per heavy atom. The first-order chi connectivity index (χ1) is 10.7. The third-order valence-electron chi connectivity index (χ3n) is 4.63. The van der Waals surface area contributed by atoms with Crippen LogP contribution in [0, 0.1) is 0 Å². The van der Waals surface area contributed by atoms with Crippen molar-refractivity contribution in [3.8, 4) is 0 Å². The molecule has 122 valence electrons. The zero-order valence-electron chi connectivity index (χ0n) is 13.2. The molecule has 1 atom stereocenters. The second-order valence-corrected chi connectivity index (χ2v) is 7.10. The zero-order valence-corrected chi connectivity index (χ0v) is 14.0. The fraction of sp³-hybridized carbons (Fsp3) is 0.733. The highest BCUT2D eigenvalue weighted by Gasteiger charge is 2.28. The fourth-order valence-electron chi connectivity index (χ4n) is 3.24. The van der Waals surface area contributed by atoms with E-state index in [1.165, 1.54) is 24.2 Å². The summed E-state index contributed by atoms with van der Waals surface area (Å²) in [7, 11) is 2.18. The van der Waals surface area contributed by atoms with Gasteiger partial charge in [0.1, 0.15) is 0 Å². The largest absolute Gasteiger partial charge is 0.323 e. The standard InChI is InChI=1S/C15H25N5OS/c1-18-7-9-19(10-8-18)13-4-2-3-6-20(12-13)15(21)17-14-16-5-11-22-14/h5,11,13H,2-4,6-10,12H2,1H3,(H,16,17,21). The van der Waals surface area contributed by atoms with Crippen molar-refractivity contribution in [2.45, 2.75) is 25.3 Å². The number of carbonyl (C=O) groups is 1. The molecule has 2 aliphatic heterocycles. The Bertz CT molecular complexity index is 472. The van der Waals surface area contributed by atoms with Gasteiger partial charge in [-0.3, -0.25) is 10.2 Å². The number of likely N-dealkylation sites (N-methyl/N-ethyl adjacent to an activating group) is 1. The lowest BCUT2D eigenvalue weighted by Crippen LogP contribution is -2.52. The molecule has 1 N–H and O–H groups in total. The van der Waals surface area contributed by atoms with Crippen molar-refractivity contribution in [1.82, 2.24) is 19.7 Å². The van der Waals surface area contributed by atoms with Gasteiger partial charge in [-0.2, -0.15) is 0 Å². The number of aromatic nitrogens is 1. The summed E-state index contributed by atoms with van der Waals surface area (Å²) in [5, 5.41) is 5.48. The number of piperazine rings is 1. The highest BCUT2D eigenvalue weighted by molar-refractivity contribution is 7.13. The molecule has 2 aliphatic rings. The van der Waals surface area contributed by atoms with Crippen molar-refractivity contribution in [1.29, 1.82) is 0 Å². The molecular weight excluding hydrogens is 298 g/mol. The van der Waals surface area contributed by atoms with Crippen LogP contribution in [0.4, 0.5) is 9.93 Å². The SMILES string of the molecule is CN1CCN(C2CCCCN(C(=O)Nc3nccs3)C2)CC1. The highest BCUT2D eigenvalue weighted by Crippen LogP contribution is 2.19. The number of rotatable bonds is 2. The van der Waals surface area contributed by atoms with Gasteiger partial charge in [-0.15, -0.1) is 11.3 Å². The monoisotopic (exact) mass is 323 g/mol. The fourth-order valence-corrected chi connectivity index (χ4v) is 3.76. The zero-order chi connectivity index (χ0) is 15.4. The lowest BCUT2D eigenvalue weighted by Gasteiger charge is -2.39. The number of thiazole rings is 1. The van der Waals surface area contributed by atoms with E-state index in [4.69, 9.17) is 0 Å². The number of nitrogens with one attached hydrogen (secondary N) is 1. The van der Waals surface area contributed by atoms with E-state index in [1.54, 1.807) is 6.20 Å². The van der Waals surface area contributed by atoms with Crippen molar-refractivity contribution in [3.63, 3.8) is 0 Å². The molecule has 0 saturated carbocycles. The molecule has 0 radical (unpaired) electrons. The van der Waals surface area contributed by atoms with Crippen LogP contribution in [0.15, 0.2) is 11.6 Å². The Morgan fingerprint density at radius 1 is 1.27 bits per heavy atom. The van der Waals surface area contributed by atoms with Crippen LogP contribution in [0.3, 0.4) is 0 Å². The normalized spacial score (nSPS) is 25.0. The van der Waals surface area contributed by atoms with Crippen LogP contribution in [0.2, 0.25) is 0 Å². The topological polar surface area (TPSA) is 51.7 Å². The molecule has 3 heterocycles. The Morgan fingerprint density at radius 3 is 2.82 bits per heavy atom. The number of amides is 2. The summed E-state index contributed by atoms with van der Waals surface area (Å²) in [5.74, 6) is 0. The molecule has 0 aliphatic carbocycles. The van der Waals surface area contributed by atoms with Crippen LogP contribution >= 0.6 is 11.3 Å². The first-order valence-corrected chi connectivity index (χ1v) is 8.98. The summed E-state index contributed by atoms with van der Waals surface area (Å²) in [6, 6.07) is 0.495. The quantitative estimate of drug-likeness (QED) is 0.901. The van der Waals surface area contributed by atoms with Crippen LogP contribution in [0.25, 0.3) is 0 Å². The van der Waals surface area contributed by atoms with Gasteiger partial charge < -0.3 is 9.80 Å². The van der Waals surface area contributed by atoms with Crippen LogP contribution in [0.1, 0.15) is 19.3 Å². The molecule has 22 heavy (non-hydrogen) atoms. The number of likely N-dealkylation sites (tertiary alicyclic amines) is 1. The summed E-state index contributed by atoms with van der Waals surface area (Å²) in [6.45, 7) is 6.16. The highest BCUT2D eigenvalue weighted by atomic mass is 32.1. The van der Waals surface area contributed by atoms with Crippen molar-refractivity contribution < 1.29 is 4.79 Å². The Balaban J connectivity index is 1.58. The van der Waals surface area contributed by atoms with Gasteiger partial charge in [0.2, 0.25) is 0 Å². The van der Waals surface area contributed by atoms with Crippen LogP contribution in [0.5, 0.6) is 0 Å². The Kier molecular flexibility index (Phi) is 5.28. The molecule has 0 spiro atoms. The van der Waals surface area contributed by atoms with Gasteiger partial charge in [0.15, 0.2) is 5.13 Å². The van der Waals surface area contributed by atoms with Crippen molar-refractivity contribution in [2.75, 3.05) is 51.6 Å². The molecule has 2 amide bonds. The molecule has 1 aromatic rings. The number of hydrogen-bond acceptors (Lipinski definition) is 5. The predicted octanol–water partition coefficient (Wildman–Crippen LogP) is 1.78. The molecule has 6 nitrogen and oxygen atoms in total. The summed E-state index contributed by atoms with van der Waals surface area (Å²) < 4.78 is 0. The Labute approximate surface area is 136 Å². The molecule has 1 unspecified atom stereocenters. The predicted molar refractivity (Wildman–Crippen MR) is 89.4 cm³/mol. The summed E-state index contributed by atoms with van der Waals surface area (Å²) >= 11 is 1.46. The summed E-state index contributed by atoms with van der Waals surface area (Å²) in [6.07, 6.45) is 5.22. The molecule has 2 saturated heterocycles. The second-order valence-electron chi connectivity index (χ2n) is 6.20. The van der Waals surface area contributed by atoms with Crippen molar-refractivity contribution in [2.24, 2.45) is 0 Å². The van der Waals surface area contributed by atoms with Gasteiger partial charge in [-0.05, 0) is 19.9 Å². The minimum Gasteiger partial charge on any atom is -0.323 e. The minimum absolute atomic E-state index is 0.00372. The third kappa shape index (κ3) is 3.97. The smallest absolute Gasteiger partial charge is 0.323 e. The first kappa shape index (κ1) is 15.7. The van der Waals surface area contributed by atoms with Gasteiger partial charge >= 0.3 is 6.03 Å². The number of carbonyl (C=O) groups excluding carboxylic acids is 1. The van der Waals surface area contributed by atoms with E-state index in [1.807, 2.05) is 10.3 Å². The Hall–Kier alpha value is -1.18. The molecule has 1 aromatic heterocycles. The number of anilines is 1. The van der Waals surface area contributed by atoms with Crippen molar-refractivity contribution in [3.05, 3.63) is 11.6 Å². The van der Waals surface area contributed by atoms with Crippen molar-refractivity contribution >= 4 is 22.5 Å². The average Bonchev–Trinajstić information content (AvgIpc) is 2.90. The third-order valence-corrected chi connectivity index (χ3v) is 5.32. The maximum atomic E-state index is 12.5. The van der Waals surface area contributed by atoms with E-state index >= 15 is 0 Å². The average molecular weight is 323 g/mol. The van der Waals surface area contributed by atoms with Gasteiger partial charge in [-0.25, -0.2) is 9.78 Å². The lowest BCUT2D eigenvalue weighted by molar-refractivity contribution is 0.0948. The molecule has 3 rings (SSSR count). The van der Waals surface area contributed by atoms with E-state index in [9.17, 15) is 4.79 Å².